The molecule has 3 aromatic carbocycles. The lowest BCUT2D eigenvalue weighted by Crippen LogP contribution is -2.26. The van der Waals surface area contributed by atoms with Crippen molar-refractivity contribution in [1.29, 1.82) is 0 Å². The van der Waals surface area contributed by atoms with Gasteiger partial charge < -0.3 is 5.11 Å². The first-order valence-electron chi connectivity index (χ1n) is 12.0. The number of nitrogens with zero attached hydrogens (tertiary/aromatic N) is 2. The van der Waals surface area contributed by atoms with Crippen LogP contribution in [0.4, 0.5) is 8.78 Å². The molecule has 0 bridgehead atoms. The van der Waals surface area contributed by atoms with Crippen molar-refractivity contribution in [3.63, 3.8) is 0 Å². The van der Waals surface area contributed by atoms with Crippen molar-refractivity contribution in [2.75, 3.05) is 0 Å². The van der Waals surface area contributed by atoms with Gasteiger partial charge in [0, 0.05) is 5.69 Å². The predicted molar refractivity (Wildman–Crippen MR) is 136 cm³/mol. The van der Waals surface area contributed by atoms with Crippen LogP contribution in [-0.4, -0.2) is 20.2 Å². The van der Waals surface area contributed by atoms with Crippen molar-refractivity contribution in [1.82, 2.24) is 9.13 Å². The monoisotopic (exact) mass is 490 g/mol. The van der Waals surface area contributed by atoms with E-state index in [9.17, 15) is 23.5 Å². The number of hydrogen-bond acceptors (Lipinski definition) is 2. The van der Waals surface area contributed by atoms with E-state index in [1.807, 2.05) is 37.3 Å². The summed E-state index contributed by atoms with van der Waals surface area (Å²) in [5, 5.41) is 9.49. The van der Waals surface area contributed by atoms with Gasteiger partial charge in [-0.25, -0.2) is 18.4 Å². The zero-order valence-electron chi connectivity index (χ0n) is 20.0. The molecule has 1 heterocycles. The van der Waals surface area contributed by atoms with Gasteiger partial charge in [0.15, 0.2) is 0 Å². The summed E-state index contributed by atoms with van der Waals surface area (Å²) in [5.74, 6) is -1.01. The number of halogens is 2. The third kappa shape index (κ3) is 5.30. The largest absolute Gasteiger partial charge is 0.478 e. The number of alkyl halides is 2. The van der Waals surface area contributed by atoms with Gasteiger partial charge in [-0.2, -0.15) is 0 Å². The highest BCUT2D eigenvalue weighted by atomic mass is 19.3. The quantitative estimate of drug-likeness (QED) is 0.280. The lowest BCUT2D eigenvalue weighted by atomic mass is 9.99. The second-order valence-electron chi connectivity index (χ2n) is 8.72. The summed E-state index contributed by atoms with van der Waals surface area (Å²) in [6.07, 6.45) is -0.876. The molecule has 0 spiro atoms. The molecule has 0 unspecified atom stereocenters. The minimum Gasteiger partial charge on any atom is -0.478 e. The lowest BCUT2D eigenvalue weighted by molar-refractivity contribution is 0.0697. The van der Waals surface area contributed by atoms with E-state index in [4.69, 9.17) is 0 Å². The highest BCUT2D eigenvalue weighted by Gasteiger charge is 2.26. The van der Waals surface area contributed by atoms with Gasteiger partial charge in [-0.1, -0.05) is 86.1 Å². The number of aromatic carboxylic acids is 1. The Balaban J connectivity index is 1.72. The molecule has 4 rings (SSSR count). The number of carboxylic acid groups (broad SMARTS) is 1. The van der Waals surface area contributed by atoms with Crippen molar-refractivity contribution in [3.05, 3.63) is 117 Å². The van der Waals surface area contributed by atoms with Crippen molar-refractivity contribution in [2.45, 2.75) is 45.7 Å². The van der Waals surface area contributed by atoms with Crippen molar-refractivity contribution < 1.29 is 18.7 Å². The Morgan fingerprint density at radius 2 is 1.47 bits per heavy atom. The van der Waals surface area contributed by atoms with Crippen LogP contribution in [0.15, 0.2) is 83.7 Å². The number of aromatic nitrogens is 2. The molecule has 1 aromatic heterocycles. The second kappa shape index (κ2) is 11.2. The summed E-state index contributed by atoms with van der Waals surface area (Å²) < 4.78 is 31.2. The smallest absolute Gasteiger partial charge is 0.336 e. The highest BCUT2D eigenvalue weighted by molar-refractivity contribution is 5.95. The summed E-state index contributed by atoms with van der Waals surface area (Å²) in [4.78, 5) is 25.0. The number of unbranched alkanes of at least 4 members (excludes halogenated alkanes) is 1. The molecular formula is C29H28F2N2O3. The number of carbonyl (C=O) groups is 1. The van der Waals surface area contributed by atoms with Gasteiger partial charge in [0.05, 0.1) is 18.7 Å². The van der Waals surface area contributed by atoms with E-state index in [2.05, 4.69) is 0 Å². The minimum absolute atomic E-state index is 0.0797. The molecule has 186 valence electrons. The van der Waals surface area contributed by atoms with Crippen LogP contribution in [0.2, 0.25) is 0 Å². The zero-order chi connectivity index (χ0) is 25.7. The van der Waals surface area contributed by atoms with Crippen LogP contribution >= 0.6 is 0 Å². The molecule has 0 amide bonds. The summed E-state index contributed by atoms with van der Waals surface area (Å²) in [5.41, 5.74) is 2.75. The van der Waals surface area contributed by atoms with Crippen molar-refractivity contribution in [3.8, 4) is 11.1 Å². The molecule has 7 heteroatoms. The van der Waals surface area contributed by atoms with E-state index >= 15 is 0 Å². The van der Waals surface area contributed by atoms with Gasteiger partial charge in [0.1, 0.15) is 5.69 Å². The lowest BCUT2D eigenvalue weighted by Gasteiger charge is -2.11. The molecule has 4 aromatic rings. The van der Waals surface area contributed by atoms with E-state index in [0.717, 1.165) is 23.1 Å². The fourth-order valence-electron chi connectivity index (χ4n) is 4.48. The minimum atomic E-state index is -2.77. The molecule has 0 aliphatic rings. The van der Waals surface area contributed by atoms with Crippen LogP contribution in [0, 0.1) is 0 Å². The van der Waals surface area contributed by atoms with Crippen molar-refractivity contribution in [2.24, 2.45) is 0 Å². The molecular weight excluding hydrogens is 462 g/mol. The van der Waals surface area contributed by atoms with E-state index < -0.39 is 18.1 Å². The Bertz CT molecular complexity index is 1390. The maximum absolute atomic E-state index is 14.3. The number of imidazole rings is 1. The maximum Gasteiger partial charge on any atom is 0.336 e. The third-order valence-corrected chi connectivity index (χ3v) is 6.29. The fourth-order valence-corrected chi connectivity index (χ4v) is 4.48. The number of hydrogen-bond donors (Lipinski definition) is 1. The first-order valence-corrected chi connectivity index (χ1v) is 12.0. The van der Waals surface area contributed by atoms with E-state index in [1.54, 1.807) is 48.5 Å². The number of rotatable bonds is 10. The predicted octanol–water partition coefficient (Wildman–Crippen LogP) is 6.39. The Hall–Kier alpha value is -4.00. The number of carboxylic acids is 1. The summed E-state index contributed by atoms with van der Waals surface area (Å²) >= 11 is 0. The Morgan fingerprint density at radius 3 is 2.11 bits per heavy atom. The average molecular weight is 491 g/mol. The van der Waals surface area contributed by atoms with E-state index in [-0.39, 0.29) is 24.3 Å². The highest BCUT2D eigenvalue weighted by Crippen LogP contribution is 2.27. The van der Waals surface area contributed by atoms with E-state index in [1.165, 1.54) is 9.13 Å². The van der Waals surface area contributed by atoms with Crippen LogP contribution < -0.4 is 5.69 Å². The van der Waals surface area contributed by atoms with Gasteiger partial charge in [0.2, 0.25) is 0 Å². The molecule has 0 atom stereocenters. The molecule has 36 heavy (non-hydrogen) atoms. The molecule has 0 aliphatic heterocycles. The molecule has 1 N–H and O–H groups in total. The van der Waals surface area contributed by atoms with Crippen LogP contribution in [0.3, 0.4) is 0 Å². The summed E-state index contributed by atoms with van der Waals surface area (Å²) in [6.45, 7) is 2.22. The summed E-state index contributed by atoms with van der Waals surface area (Å²) in [6, 6.07) is 23.1. The Morgan fingerprint density at radius 1 is 0.861 bits per heavy atom. The molecule has 0 saturated carbocycles. The number of benzene rings is 3. The molecule has 0 aliphatic carbocycles. The normalized spacial score (nSPS) is 11.2. The SMILES string of the molecule is CCCCc1c(C(F)F)n(Cc2ccccc2)c(=O)n1Cc1ccc(-c2ccccc2C(=O)O)cc1. The topological polar surface area (TPSA) is 64.2 Å². The fraction of sp³-hybridized carbons (Fsp3) is 0.241. The molecule has 0 radical (unpaired) electrons. The average Bonchev–Trinajstić information content (AvgIpc) is 3.14. The molecule has 0 saturated heterocycles. The third-order valence-electron chi connectivity index (χ3n) is 6.29. The zero-order valence-corrected chi connectivity index (χ0v) is 20.0. The summed E-state index contributed by atoms with van der Waals surface area (Å²) in [7, 11) is 0. The van der Waals surface area contributed by atoms with Gasteiger partial charge in [-0.15, -0.1) is 0 Å². The Labute approximate surface area is 208 Å². The van der Waals surface area contributed by atoms with Crippen LogP contribution in [0.5, 0.6) is 0 Å². The maximum atomic E-state index is 14.3. The van der Waals surface area contributed by atoms with Crippen LogP contribution in [-0.2, 0) is 19.5 Å². The van der Waals surface area contributed by atoms with Crippen LogP contribution in [0.25, 0.3) is 11.1 Å². The Kier molecular flexibility index (Phi) is 7.78. The van der Waals surface area contributed by atoms with E-state index in [0.29, 0.717) is 24.1 Å². The van der Waals surface area contributed by atoms with Crippen LogP contribution in [0.1, 0.15) is 59.1 Å². The van der Waals surface area contributed by atoms with Gasteiger partial charge >= 0.3 is 11.7 Å². The van der Waals surface area contributed by atoms with Gasteiger partial charge in [0.25, 0.3) is 6.43 Å². The first kappa shape index (κ1) is 25.1. The molecule has 5 nitrogen and oxygen atoms in total. The standard InChI is InChI=1S/C29H28F2N2O3/c1-2-3-13-25-26(27(30)31)33(19-20-9-5-4-6-10-20)29(36)32(25)18-21-14-16-22(17-15-21)23-11-7-8-12-24(23)28(34)35/h4-12,14-17,27H,2-3,13,18-19H2,1H3,(H,34,35). The van der Waals surface area contributed by atoms with Gasteiger partial charge in [-0.3, -0.25) is 9.13 Å². The molecule has 0 fully saturated rings. The van der Waals surface area contributed by atoms with Gasteiger partial charge in [-0.05, 0) is 41.2 Å². The van der Waals surface area contributed by atoms with Crippen molar-refractivity contribution >= 4 is 5.97 Å². The second-order valence-corrected chi connectivity index (χ2v) is 8.72. The first-order chi connectivity index (χ1) is 17.4.